The van der Waals surface area contributed by atoms with Crippen molar-refractivity contribution in [2.45, 2.75) is 50.3 Å². The van der Waals surface area contributed by atoms with Gasteiger partial charge in [-0.05, 0) is 82.8 Å². The molecule has 2 saturated heterocycles. The number of hydrogen-bond donors (Lipinski definition) is 1. The summed E-state index contributed by atoms with van der Waals surface area (Å²) in [5.41, 5.74) is 1.26. The molecule has 1 aromatic rings. The Labute approximate surface area is 169 Å². The fourth-order valence-corrected chi connectivity index (χ4v) is 5.64. The molecule has 6 nitrogen and oxygen atoms in total. The lowest BCUT2D eigenvalue weighted by Crippen LogP contribution is -2.36. The highest BCUT2D eigenvalue weighted by Crippen LogP contribution is 2.23. The lowest BCUT2D eigenvalue weighted by atomic mass is 9.94. The minimum atomic E-state index is -3.53. The van der Waals surface area contributed by atoms with E-state index in [4.69, 9.17) is 0 Å². The van der Waals surface area contributed by atoms with Crippen LogP contribution in [0.3, 0.4) is 0 Å². The Morgan fingerprint density at radius 2 is 1.79 bits per heavy atom. The zero-order chi connectivity index (χ0) is 20.1. The van der Waals surface area contributed by atoms with Gasteiger partial charge in [-0.2, -0.15) is 4.31 Å². The first-order valence-electron chi connectivity index (χ1n) is 10.5. The molecule has 7 heteroatoms. The van der Waals surface area contributed by atoms with Gasteiger partial charge in [0.2, 0.25) is 10.0 Å². The molecule has 3 rings (SSSR count). The molecule has 0 saturated carbocycles. The van der Waals surface area contributed by atoms with E-state index >= 15 is 0 Å². The predicted octanol–water partition coefficient (Wildman–Crippen LogP) is 2.63. The highest BCUT2D eigenvalue weighted by atomic mass is 32.2. The Bertz CT molecular complexity index is 780. The van der Waals surface area contributed by atoms with Crippen LogP contribution in [0, 0.1) is 12.8 Å². The second-order valence-electron chi connectivity index (χ2n) is 8.23. The number of sulfonamides is 1. The Morgan fingerprint density at radius 1 is 1.11 bits per heavy atom. The first-order valence-corrected chi connectivity index (χ1v) is 11.9. The number of nitrogens with one attached hydrogen (secondary N) is 1. The third-order valence-electron chi connectivity index (χ3n) is 6.08. The highest BCUT2D eigenvalue weighted by Gasteiger charge is 2.27. The SMILES string of the molecule is Cc1ccc(S(=O)(=O)N2CCCCC2)cc1C(=O)NCCC1CCN(C)CC1. The predicted molar refractivity (Wildman–Crippen MR) is 111 cm³/mol. The minimum Gasteiger partial charge on any atom is -0.352 e. The molecule has 0 atom stereocenters. The smallest absolute Gasteiger partial charge is 0.251 e. The highest BCUT2D eigenvalue weighted by molar-refractivity contribution is 7.89. The summed E-state index contributed by atoms with van der Waals surface area (Å²) in [6.45, 7) is 5.85. The molecular weight excluding hydrogens is 374 g/mol. The number of nitrogens with zero attached hydrogens (tertiary/aromatic N) is 2. The molecule has 2 aliphatic rings. The number of amides is 1. The van der Waals surface area contributed by atoms with Crippen molar-refractivity contribution in [1.82, 2.24) is 14.5 Å². The van der Waals surface area contributed by atoms with Crippen molar-refractivity contribution in [3.63, 3.8) is 0 Å². The number of likely N-dealkylation sites (tertiary alicyclic amines) is 1. The van der Waals surface area contributed by atoms with Crippen LogP contribution >= 0.6 is 0 Å². The summed E-state index contributed by atoms with van der Waals surface area (Å²) in [6.07, 6.45) is 6.20. The molecule has 0 aromatic heterocycles. The van der Waals surface area contributed by atoms with Crippen molar-refractivity contribution >= 4 is 15.9 Å². The topological polar surface area (TPSA) is 69.7 Å². The van der Waals surface area contributed by atoms with Crippen LogP contribution in [-0.2, 0) is 10.0 Å². The van der Waals surface area contributed by atoms with Gasteiger partial charge >= 0.3 is 0 Å². The standard InChI is InChI=1S/C21H33N3O3S/c1-17-6-7-19(28(26,27)24-12-4-3-5-13-24)16-20(17)21(25)22-11-8-18-9-14-23(2)15-10-18/h6-7,16,18H,3-5,8-15H2,1-2H3,(H,22,25). The summed E-state index contributed by atoms with van der Waals surface area (Å²) in [4.78, 5) is 15.2. The van der Waals surface area contributed by atoms with E-state index in [1.165, 1.54) is 12.8 Å². The van der Waals surface area contributed by atoms with Gasteiger partial charge < -0.3 is 10.2 Å². The van der Waals surface area contributed by atoms with Gasteiger partial charge in [0.05, 0.1) is 4.90 Å². The van der Waals surface area contributed by atoms with Crippen LogP contribution in [0.5, 0.6) is 0 Å². The van der Waals surface area contributed by atoms with Crippen LogP contribution in [0.1, 0.15) is 54.4 Å². The Balaban J connectivity index is 1.63. The van der Waals surface area contributed by atoms with Gasteiger partial charge in [-0.1, -0.05) is 12.5 Å². The molecule has 0 aliphatic carbocycles. The molecule has 2 fully saturated rings. The summed E-state index contributed by atoms with van der Waals surface area (Å²) in [7, 11) is -1.38. The van der Waals surface area contributed by atoms with Gasteiger partial charge in [-0.15, -0.1) is 0 Å². The summed E-state index contributed by atoms with van der Waals surface area (Å²) < 4.78 is 27.4. The van der Waals surface area contributed by atoms with Gasteiger partial charge in [-0.25, -0.2) is 8.42 Å². The second-order valence-corrected chi connectivity index (χ2v) is 10.2. The van der Waals surface area contributed by atoms with Crippen molar-refractivity contribution in [2.24, 2.45) is 5.92 Å². The maximum absolute atomic E-state index is 12.9. The van der Waals surface area contributed by atoms with E-state index in [2.05, 4.69) is 17.3 Å². The van der Waals surface area contributed by atoms with Gasteiger partial charge in [0.1, 0.15) is 0 Å². The second kappa shape index (κ2) is 9.37. The zero-order valence-corrected chi connectivity index (χ0v) is 17.9. The molecule has 0 radical (unpaired) electrons. The average molecular weight is 408 g/mol. The van der Waals surface area contributed by atoms with E-state index in [-0.39, 0.29) is 10.8 Å². The van der Waals surface area contributed by atoms with Crippen molar-refractivity contribution in [1.29, 1.82) is 0 Å². The number of hydrogen-bond acceptors (Lipinski definition) is 4. The van der Waals surface area contributed by atoms with E-state index in [9.17, 15) is 13.2 Å². The third kappa shape index (κ3) is 5.13. The molecular formula is C21H33N3O3S. The number of rotatable bonds is 6. The zero-order valence-electron chi connectivity index (χ0n) is 17.1. The van der Waals surface area contributed by atoms with E-state index in [1.54, 1.807) is 22.5 Å². The lowest BCUT2D eigenvalue weighted by molar-refractivity contribution is 0.0948. The Morgan fingerprint density at radius 3 is 2.46 bits per heavy atom. The van der Waals surface area contributed by atoms with Crippen LogP contribution in [-0.4, -0.2) is 63.3 Å². The van der Waals surface area contributed by atoms with Gasteiger partial charge in [-0.3, -0.25) is 4.79 Å². The molecule has 156 valence electrons. The van der Waals surface area contributed by atoms with Gasteiger partial charge in [0, 0.05) is 25.2 Å². The van der Waals surface area contributed by atoms with Crippen LogP contribution in [0.25, 0.3) is 0 Å². The first-order chi connectivity index (χ1) is 13.4. The fourth-order valence-electron chi connectivity index (χ4n) is 4.10. The Kier molecular flexibility index (Phi) is 7.12. The molecule has 0 bridgehead atoms. The van der Waals surface area contributed by atoms with Crippen molar-refractivity contribution < 1.29 is 13.2 Å². The maximum atomic E-state index is 12.9. The van der Waals surface area contributed by atoms with E-state index in [0.29, 0.717) is 31.1 Å². The van der Waals surface area contributed by atoms with E-state index < -0.39 is 10.0 Å². The molecule has 1 aromatic carbocycles. The lowest BCUT2D eigenvalue weighted by Gasteiger charge is -2.28. The number of benzene rings is 1. The molecule has 0 unspecified atom stereocenters. The third-order valence-corrected chi connectivity index (χ3v) is 7.98. The van der Waals surface area contributed by atoms with Gasteiger partial charge in [0.15, 0.2) is 0 Å². The number of piperidine rings is 2. The van der Waals surface area contributed by atoms with Crippen molar-refractivity contribution in [3.05, 3.63) is 29.3 Å². The van der Waals surface area contributed by atoms with E-state index in [1.807, 2.05) is 6.92 Å². The van der Waals surface area contributed by atoms with Crippen molar-refractivity contribution in [3.8, 4) is 0 Å². The van der Waals surface area contributed by atoms with Gasteiger partial charge in [0.25, 0.3) is 5.91 Å². The van der Waals surface area contributed by atoms with Crippen LogP contribution in [0.15, 0.2) is 23.1 Å². The summed E-state index contributed by atoms with van der Waals surface area (Å²) in [6, 6.07) is 4.90. The normalized spacial score (nSPS) is 20.2. The van der Waals surface area contributed by atoms with E-state index in [0.717, 1.165) is 44.3 Å². The summed E-state index contributed by atoms with van der Waals surface area (Å²) in [5.74, 6) is 0.476. The molecule has 1 N–H and O–H groups in total. The van der Waals surface area contributed by atoms with Crippen LogP contribution in [0.4, 0.5) is 0 Å². The fraction of sp³-hybridized carbons (Fsp3) is 0.667. The number of carbonyl (C=O) groups excluding carboxylic acids is 1. The Hall–Kier alpha value is -1.44. The summed E-state index contributed by atoms with van der Waals surface area (Å²) >= 11 is 0. The van der Waals surface area contributed by atoms with Crippen LogP contribution in [0.2, 0.25) is 0 Å². The average Bonchev–Trinajstić information content (AvgIpc) is 2.70. The van der Waals surface area contributed by atoms with Crippen LogP contribution < -0.4 is 5.32 Å². The number of aryl methyl sites for hydroxylation is 1. The number of carbonyl (C=O) groups is 1. The monoisotopic (exact) mass is 407 g/mol. The van der Waals surface area contributed by atoms with Crippen molar-refractivity contribution in [2.75, 3.05) is 39.8 Å². The quantitative estimate of drug-likeness (QED) is 0.787. The molecule has 1 amide bonds. The molecule has 0 spiro atoms. The minimum absolute atomic E-state index is 0.180. The maximum Gasteiger partial charge on any atom is 0.251 e. The molecule has 28 heavy (non-hydrogen) atoms. The largest absolute Gasteiger partial charge is 0.352 e. The first kappa shape index (κ1) is 21.3. The molecule has 2 heterocycles. The summed E-state index contributed by atoms with van der Waals surface area (Å²) in [5, 5.41) is 3.00. The molecule has 2 aliphatic heterocycles.